The summed E-state index contributed by atoms with van der Waals surface area (Å²) >= 11 is 0. The molecule has 0 aliphatic carbocycles. The third-order valence-corrected chi connectivity index (χ3v) is 6.94. The quantitative estimate of drug-likeness (QED) is 0.417. The zero-order valence-electron chi connectivity index (χ0n) is 18.6. The van der Waals surface area contributed by atoms with Crippen molar-refractivity contribution in [1.82, 2.24) is 29.3 Å². The number of carbonyl (C=O) groups is 1. The van der Waals surface area contributed by atoms with Gasteiger partial charge >= 0.3 is 0 Å². The van der Waals surface area contributed by atoms with Gasteiger partial charge in [-0.1, -0.05) is 0 Å². The van der Waals surface area contributed by atoms with Crippen molar-refractivity contribution in [2.24, 2.45) is 7.05 Å². The standard InChI is InChI=1S/C24H21F3N6O/c1-12-22(33-19(29-12)7-4-8-28-33)24(34)32-14-5-3-6-18(32)21-15(11-14)23(31(2)30-21)13-9-16(25)20(27)17(26)10-13/h4,7-10,14,18H,3,5-6,11H2,1-2H3/t14-,18+/m0/s1. The van der Waals surface area contributed by atoms with Gasteiger partial charge in [0.15, 0.2) is 28.8 Å². The van der Waals surface area contributed by atoms with E-state index in [1.165, 1.54) is 0 Å². The largest absolute Gasteiger partial charge is 0.325 e. The molecule has 2 bridgehead atoms. The van der Waals surface area contributed by atoms with E-state index in [0.717, 1.165) is 37.0 Å². The summed E-state index contributed by atoms with van der Waals surface area (Å²) in [6, 6.07) is 5.18. The maximum atomic E-state index is 14.0. The van der Waals surface area contributed by atoms with Gasteiger partial charge in [-0.05, 0) is 56.9 Å². The molecule has 0 unspecified atom stereocenters. The molecule has 6 rings (SSSR count). The number of fused-ring (bicyclic) bond motifs is 5. The van der Waals surface area contributed by atoms with E-state index in [4.69, 9.17) is 0 Å². The number of carbonyl (C=O) groups excluding carboxylic acids is 1. The van der Waals surface area contributed by atoms with Crippen LogP contribution < -0.4 is 0 Å². The number of nitrogens with zero attached hydrogens (tertiary/aromatic N) is 6. The van der Waals surface area contributed by atoms with E-state index in [1.807, 2.05) is 4.90 Å². The monoisotopic (exact) mass is 466 g/mol. The molecule has 2 aliphatic heterocycles. The lowest BCUT2D eigenvalue weighted by Crippen LogP contribution is -2.50. The van der Waals surface area contributed by atoms with Crippen LogP contribution in [0.3, 0.4) is 0 Å². The van der Waals surface area contributed by atoms with E-state index < -0.39 is 17.5 Å². The maximum absolute atomic E-state index is 14.0. The molecular formula is C24H21F3N6O. The Morgan fingerprint density at radius 1 is 1.15 bits per heavy atom. The molecule has 10 heteroatoms. The summed E-state index contributed by atoms with van der Waals surface area (Å²) in [5.74, 6) is -4.14. The molecule has 0 N–H and O–H groups in total. The topological polar surface area (TPSA) is 68.3 Å². The molecule has 0 spiro atoms. The lowest BCUT2D eigenvalue weighted by atomic mass is 9.81. The van der Waals surface area contributed by atoms with Crippen LogP contribution in [-0.2, 0) is 13.5 Å². The van der Waals surface area contributed by atoms with E-state index in [0.29, 0.717) is 34.8 Å². The Bertz CT molecular complexity index is 1450. The molecule has 5 heterocycles. The Hall–Kier alpha value is -3.69. The number of rotatable bonds is 2. The molecule has 1 fully saturated rings. The Kier molecular flexibility index (Phi) is 4.55. The highest BCUT2D eigenvalue weighted by molar-refractivity contribution is 5.95. The minimum Gasteiger partial charge on any atom is -0.325 e. The van der Waals surface area contributed by atoms with Gasteiger partial charge in [0.05, 0.1) is 23.1 Å². The molecule has 4 aromatic rings. The number of aryl methyl sites for hydroxylation is 2. The Morgan fingerprint density at radius 3 is 2.68 bits per heavy atom. The SMILES string of the molecule is Cc1nc2cccnn2c1C(=O)N1[C@H]2CCC[C@@H]1c1nn(C)c(-c3cc(F)c(F)c(F)c3)c1C2. The highest BCUT2D eigenvalue weighted by Gasteiger charge is 2.44. The summed E-state index contributed by atoms with van der Waals surface area (Å²) in [4.78, 5) is 20.2. The number of amides is 1. The van der Waals surface area contributed by atoms with Gasteiger partial charge in [0.2, 0.25) is 0 Å². The number of imidazole rings is 1. The van der Waals surface area contributed by atoms with Crippen molar-refractivity contribution < 1.29 is 18.0 Å². The minimum atomic E-state index is -1.49. The predicted octanol–water partition coefficient (Wildman–Crippen LogP) is 4.15. The third kappa shape index (κ3) is 2.90. The summed E-state index contributed by atoms with van der Waals surface area (Å²) < 4.78 is 44.7. The summed E-state index contributed by atoms with van der Waals surface area (Å²) in [5.41, 5.74) is 3.97. The van der Waals surface area contributed by atoms with Crippen LogP contribution in [0.25, 0.3) is 16.9 Å². The number of hydrogen-bond donors (Lipinski definition) is 0. The molecule has 1 amide bonds. The van der Waals surface area contributed by atoms with Crippen LogP contribution in [0.4, 0.5) is 13.2 Å². The molecule has 0 saturated carbocycles. The van der Waals surface area contributed by atoms with Crippen molar-refractivity contribution in [3.8, 4) is 11.3 Å². The lowest BCUT2D eigenvalue weighted by molar-refractivity contribution is 0.0382. The van der Waals surface area contributed by atoms with Crippen molar-refractivity contribution in [2.45, 2.75) is 44.7 Å². The fourth-order valence-electron chi connectivity index (χ4n) is 5.57. The van der Waals surface area contributed by atoms with E-state index in [1.54, 1.807) is 41.5 Å². The zero-order chi connectivity index (χ0) is 23.7. The Balaban J connectivity index is 1.46. The Labute approximate surface area is 192 Å². The summed E-state index contributed by atoms with van der Waals surface area (Å²) in [6.45, 7) is 1.80. The number of aromatic nitrogens is 5. The van der Waals surface area contributed by atoms with Crippen LogP contribution in [0.15, 0.2) is 30.5 Å². The molecule has 174 valence electrons. The molecule has 7 nitrogen and oxygen atoms in total. The van der Waals surface area contributed by atoms with Gasteiger partial charge in [0.1, 0.15) is 0 Å². The van der Waals surface area contributed by atoms with Crippen LogP contribution in [0.5, 0.6) is 0 Å². The smallest absolute Gasteiger partial charge is 0.275 e. The number of halogens is 3. The highest BCUT2D eigenvalue weighted by Crippen LogP contribution is 2.45. The van der Waals surface area contributed by atoms with Crippen molar-refractivity contribution in [1.29, 1.82) is 0 Å². The zero-order valence-corrected chi connectivity index (χ0v) is 18.6. The lowest BCUT2D eigenvalue weighted by Gasteiger charge is -2.45. The Morgan fingerprint density at radius 2 is 1.91 bits per heavy atom. The molecular weight excluding hydrogens is 445 g/mol. The second-order valence-electron chi connectivity index (χ2n) is 8.95. The normalized spacial score (nSPS) is 19.5. The maximum Gasteiger partial charge on any atom is 0.275 e. The van der Waals surface area contributed by atoms with Gasteiger partial charge in [-0.15, -0.1) is 0 Å². The molecule has 2 atom stereocenters. The summed E-state index contributed by atoms with van der Waals surface area (Å²) in [7, 11) is 1.70. The van der Waals surface area contributed by atoms with Crippen molar-refractivity contribution in [2.75, 3.05) is 0 Å². The minimum absolute atomic E-state index is 0.106. The average Bonchev–Trinajstić information content (AvgIpc) is 3.31. The molecule has 2 aliphatic rings. The van der Waals surface area contributed by atoms with Crippen molar-refractivity contribution in [3.63, 3.8) is 0 Å². The van der Waals surface area contributed by atoms with E-state index in [2.05, 4.69) is 15.2 Å². The molecule has 1 saturated heterocycles. The average molecular weight is 466 g/mol. The number of benzene rings is 1. The second-order valence-corrected chi connectivity index (χ2v) is 8.95. The van der Waals surface area contributed by atoms with Crippen molar-refractivity contribution >= 4 is 11.6 Å². The van der Waals surface area contributed by atoms with Crippen LogP contribution in [0, 0.1) is 24.4 Å². The van der Waals surface area contributed by atoms with Gasteiger partial charge in [0.25, 0.3) is 5.91 Å². The first-order valence-corrected chi connectivity index (χ1v) is 11.2. The van der Waals surface area contributed by atoms with Crippen LogP contribution in [0.1, 0.15) is 52.7 Å². The van der Waals surface area contributed by atoms with E-state index >= 15 is 0 Å². The molecule has 34 heavy (non-hydrogen) atoms. The number of hydrogen-bond acceptors (Lipinski definition) is 4. The summed E-state index contributed by atoms with van der Waals surface area (Å²) in [5, 5.41) is 9.00. The molecule has 0 radical (unpaired) electrons. The van der Waals surface area contributed by atoms with Crippen LogP contribution >= 0.6 is 0 Å². The fourth-order valence-corrected chi connectivity index (χ4v) is 5.57. The van der Waals surface area contributed by atoms with Crippen LogP contribution in [-0.4, -0.2) is 41.2 Å². The van der Waals surface area contributed by atoms with E-state index in [9.17, 15) is 18.0 Å². The highest BCUT2D eigenvalue weighted by atomic mass is 19.2. The van der Waals surface area contributed by atoms with E-state index in [-0.39, 0.29) is 23.6 Å². The third-order valence-electron chi connectivity index (χ3n) is 6.94. The predicted molar refractivity (Wildman–Crippen MR) is 116 cm³/mol. The molecule has 3 aromatic heterocycles. The van der Waals surface area contributed by atoms with Gasteiger partial charge in [-0.2, -0.15) is 10.2 Å². The van der Waals surface area contributed by atoms with Gasteiger partial charge in [-0.3, -0.25) is 9.48 Å². The first-order chi connectivity index (χ1) is 16.3. The van der Waals surface area contributed by atoms with Gasteiger partial charge in [-0.25, -0.2) is 22.7 Å². The fraction of sp³-hybridized carbons (Fsp3) is 0.333. The number of piperidine rings is 1. The van der Waals surface area contributed by atoms with Crippen LogP contribution in [0.2, 0.25) is 0 Å². The first kappa shape index (κ1) is 20.9. The molecule has 1 aromatic carbocycles. The second kappa shape index (κ2) is 7.41. The van der Waals surface area contributed by atoms with Gasteiger partial charge in [0, 0.05) is 30.4 Å². The summed E-state index contributed by atoms with van der Waals surface area (Å²) in [6.07, 6.45) is 4.57. The van der Waals surface area contributed by atoms with Gasteiger partial charge < -0.3 is 4.90 Å². The van der Waals surface area contributed by atoms with Crippen molar-refractivity contribution in [3.05, 3.63) is 70.6 Å². The first-order valence-electron chi connectivity index (χ1n) is 11.2.